The van der Waals surface area contributed by atoms with Gasteiger partial charge in [-0.15, -0.1) is 0 Å². The molecule has 0 atom stereocenters. The monoisotopic (exact) mass is 1880 g/mol. The van der Waals surface area contributed by atoms with Crippen molar-refractivity contribution in [3.05, 3.63) is 510 Å². The summed E-state index contributed by atoms with van der Waals surface area (Å²) in [7, 11) is 0. The Morgan fingerprint density at radius 1 is 0.122 bits per heavy atom. The van der Waals surface area contributed by atoms with Crippen molar-refractivity contribution in [2.24, 2.45) is 0 Å². The minimum Gasteiger partial charge on any atom is -0.254 e. The second kappa shape index (κ2) is 37.4. The van der Waals surface area contributed by atoms with Crippen molar-refractivity contribution >= 4 is 142 Å². The van der Waals surface area contributed by atoms with Gasteiger partial charge in [0.05, 0.1) is 89.0 Å². The number of benzene rings is 20. The highest BCUT2D eigenvalue weighted by atomic mass is 14.9. The second-order valence-corrected chi connectivity index (χ2v) is 37.1. The number of hydrogen-bond donors (Lipinski definition) is 0. The lowest BCUT2D eigenvalue weighted by Gasteiger charge is -2.17. The highest BCUT2D eigenvalue weighted by molar-refractivity contribution is 6.22. The SMILES string of the molecule is c1ccc(-c2ccc(-c3nc(-c4ccc(-c5c6ccccc6nc6c5ccc5ccc(-c7ccccc7)nc56)cc4)nc4ccccc34)cc2)cc1.c1ccc(-c2ccc(-c3nc(-c4ccc(-c5c6ccccc6nc6c5ccc5cccnc56)c5ccccc45)nc4ccccc34)cc2)cc1.c1ccc(-c2ccc(-c3nc(-c4ccc(-c5c6ccccc6nc6c5ccc5cccnc56)cc4)nc4ccccc34)cc2)cc1. The number of para-hydroxylation sites is 6. The molecule has 29 aromatic rings. The van der Waals surface area contributed by atoms with Crippen LogP contribution >= 0.6 is 0 Å². The van der Waals surface area contributed by atoms with E-state index in [2.05, 4.69) is 406 Å². The lowest BCUT2D eigenvalue weighted by molar-refractivity contribution is 1.23. The Hall–Kier alpha value is -20.1. The molecule has 0 N–H and O–H groups in total. The van der Waals surface area contributed by atoms with Crippen molar-refractivity contribution in [2.75, 3.05) is 0 Å². The summed E-state index contributed by atoms with van der Waals surface area (Å²) in [5.74, 6) is 2.10. The molecule has 0 amide bonds. The number of fused-ring (bicyclic) bond motifs is 16. The fraction of sp³-hybridized carbons (Fsp3) is 0. The Balaban J connectivity index is 0.000000110. The standard InChI is InChI=1S/C48H30N4.C46H28N4.C42H26N4/c1-3-11-31(12-4-1)32-19-23-35(24-20-32)45-39-16-8-10-18-43(39)51-48(52-45)37-25-21-34(22-26-37)44-38-15-7-9-17-42(38)50-47-40(44)29-27-36-28-30-41(49-46(36)47)33-13-5-2-6-14-33;1-2-11-29(12-3-1)30-20-22-32(23-21-30)43-38-17-7-9-19-41(38)49-46(50-43)36-27-26-35(33-14-4-5-15-34(33)36)42-37-16-6-8-18-40(37)48-45-39(42)25-24-31-13-10-28-47-44(31)45;1-2-9-27(10-3-1)28-16-20-31(21-17-28)39-34-13-5-7-15-37(34)45-42(46-39)32-22-18-29(19-23-32)38-33-12-4-6-14-36(33)44-41-35(38)25-24-30-11-8-26-43-40(30)41/h1-30H;1-28H;1-26H. The first-order valence-electron chi connectivity index (χ1n) is 49.7. The Morgan fingerprint density at radius 2 is 0.392 bits per heavy atom. The molecule has 0 aliphatic rings. The van der Waals surface area contributed by atoms with E-state index in [1.165, 1.54) is 33.4 Å². The van der Waals surface area contributed by atoms with Gasteiger partial charge in [0.25, 0.3) is 0 Å². The predicted octanol–water partition coefficient (Wildman–Crippen LogP) is 34.5. The molecule has 12 nitrogen and oxygen atoms in total. The maximum Gasteiger partial charge on any atom is 0.161 e. The molecule has 29 rings (SSSR count). The predicted molar refractivity (Wildman–Crippen MR) is 611 cm³/mol. The third-order valence-corrected chi connectivity index (χ3v) is 28.3. The van der Waals surface area contributed by atoms with Crippen LogP contribution < -0.4 is 0 Å². The first-order valence-corrected chi connectivity index (χ1v) is 49.7. The van der Waals surface area contributed by atoms with Crippen molar-refractivity contribution in [1.29, 1.82) is 0 Å². The van der Waals surface area contributed by atoms with Gasteiger partial charge >= 0.3 is 0 Å². The van der Waals surface area contributed by atoms with Gasteiger partial charge in [-0.3, -0.25) is 9.97 Å². The first-order chi connectivity index (χ1) is 73.4. The van der Waals surface area contributed by atoms with Gasteiger partial charge < -0.3 is 0 Å². The average Bonchev–Trinajstić information content (AvgIpc) is 0.731. The van der Waals surface area contributed by atoms with Crippen LogP contribution in [0.4, 0.5) is 0 Å². The maximum absolute atomic E-state index is 5.30. The van der Waals surface area contributed by atoms with Gasteiger partial charge in [0, 0.05) is 133 Å². The van der Waals surface area contributed by atoms with E-state index in [1.54, 1.807) is 0 Å². The molecular formula is C136H84N12. The summed E-state index contributed by atoms with van der Waals surface area (Å²) in [5.41, 5.74) is 35.8. The summed E-state index contributed by atoms with van der Waals surface area (Å²) in [6.45, 7) is 0. The van der Waals surface area contributed by atoms with E-state index in [0.29, 0.717) is 17.5 Å². The quantitative estimate of drug-likeness (QED) is 0.0797. The molecule has 0 aliphatic heterocycles. The molecule has 148 heavy (non-hydrogen) atoms. The lowest BCUT2D eigenvalue weighted by Crippen LogP contribution is -1.97. The fourth-order valence-corrected chi connectivity index (χ4v) is 21.1. The number of nitrogens with zero attached hydrogens (tertiary/aromatic N) is 12. The van der Waals surface area contributed by atoms with Crippen LogP contribution in [0.5, 0.6) is 0 Å². The fourth-order valence-electron chi connectivity index (χ4n) is 21.1. The van der Waals surface area contributed by atoms with Gasteiger partial charge in [-0.1, -0.05) is 437 Å². The molecule has 9 aromatic heterocycles. The average molecular weight is 1890 g/mol. The van der Waals surface area contributed by atoms with Crippen LogP contribution in [0.25, 0.3) is 288 Å². The molecule has 12 heteroatoms. The molecule has 9 heterocycles. The third-order valence-electron chi connectivity index (χ3n) is 28.3. The molecule has 0 radical (unpaired) electrons. The van der Waals surface area contributed by atoms with E-state index in [-0.39, 0.29) is 0 Å². The van der Waals surface area contributed by atoms with Crippen LogP contribution in [0.1, 0.15) is 0 Å². The number of hydrogen-bond acceptors (Lipinski definition) is 12. The minimum absolute atomic E-state index is 0.695. The summed E-state index contributed by atoms with van der Waals surface area (Å²) in [5, 5.41) is 15.1. The number of aromatic nitrogens is 12. The first kappa shape index (κ1) is 87.0. The highest BCUT2D eigenvalue weighted by Gasteiger charge is 2.25. The zero-order valence-electron chi connectivity index (χ0n) is 79.9. The van der Waals surface area contributed by atoms with Crippen molar-refractivity contribution in [2.45, 2.75) is 0 Å². The van der Waals surface area contributed by atoms with Crippen LogP contribution in [-0.2, 0) is 0 Å². The van der Waals surface area contributed by atoms with Crippen molar-refractivity contribution in [1.82, 2.24) is 59.8 Å². The second-order valence-electron chi connectivity index (χ2n) is 37.1. The number of rotatable bonds is 13. The Bertz CT molecular complexity index is 10300. The molecule has 0 saturated carbocycles. The summed E-state index contributed by atoms with van der Waals surface area (Å²) >= 11 is 0. The van der Waals surface area contributed by atoms with E-state index in [1.807, 2.05) is 103 Å². The van der Waals surface area contributed by atoms with Crippen LogP contribution in [0, 0.1) is 0 Å². The summed E-state index contributed by atoms with van der Waals surface area (Å²) < 4.78 is 0. The van der Waals surface area contributed by atoms with Crippen molar-refractivity contribution in [3.63, 3.8) is 0 Å². The molecule has 0 aliphatic carbocycles. The highest BCUT2D eigenvalue weighted by Crippen LogP contribution is 2.47. The third kappa shape index (κ3) is 16.0. The molecule has 0 saturated heterocycles. The molecule has 0 bridgehead atoms. The smallest absolute Gasteiger partial charge is 0.161 e. The van der Waals surface area contributed by atoms with Crippen LogP contribution in [0.2, 0.25) is 0 Å². The molecule has 0 fully saturated rings. The topological polar surface area (TPSA) is 155 Å². The Morgan fingerprint density at radius 3 is 0.791 bits per heavy atom. The van der Waals surface area contributed by atoms with Gasteiger partial charge in [0.1, 0.15) is 0 Å². The lowest BCUT2D eigenvalue weighted by atomic mass is 9.90. The van der Waals surface area contributed by atoms with Crippen LogP contribution in [-0.4, -0.2) is 59.8 Å². The molecule has 688 valence electrons. The Labute approximate surface area is 851 Å². The van der Waals surface area contributed by atoms with E-state index in [0.717, 1.165) is 237 Å². The largest absolute Gasteiger partial charge is 0.254 e. The van der Waals surface area contributed by atoms with Gasteiger partial charge in [-0.2, -0.15) is 0 Å². The Kier molecular flexibility index (Phi) is 22.0. The van der Waals surface area contributed by atoms with Gasteiger partial charge in [-0.05, 0) is 122 Å². The minimum atomic E-state index is 0.695. The molecular weight excluding hydrogens is 1800 g/mol. The normalized spacial score (nSPS) is 11.5. The van der Waals surface area contributed by atoms with Gasteiger partial charge in [-0.25, -0.2) is 49.8 Å². The zero-order chi connectivity index (χ0) is 97.9. The molecule has 0 unspecified atom stereocenters. The van der Waals surface area contributed by atoms with Crippen molar-refractivity contribution < 1.29 is 0 Å². The molecule has 20 aromatic carbocycles. The number of pyridine rings is 6. The van der Waals surface area contributed by atoms with Crippen LogP contribution in [0.3, 0.4) is 0 Å². The summed E-state index contributed by atoms with van der Waals surface area (Å²) in [4.78, 5) is 60.9. The van der Waals surface area contributed by atoms with Gasteiger partial charge in [0.2, 0.25) is 0 Å². The molecule has 0 spiro atoms. The zero-order valence-corrected chi connectivity index (χ0v) is 79.9. The van der Waals surface area contributed by atoms with Gasteiger partial charge in [0.15, 0.2) is 17.5 Å². The van der Waals surface area contributed by atoms with Crippen LogP contribution in [0.15, 0.2) is 510 Å². The van der Waals surface area contributed by atoms with E-state index < -0.39 is 0 Å². The van der Waals surface area contributed by atoms with E-state index >= 15 is 0 Å². The van der Waals surface area contributed by atoms with E-state index in [4.69, 9.17) is 59.8 Å². The summed E-state index contributed by atoms with van der Waals surface area (Å²) in [6, 6.07) is 173. The van der Waals surface area contributed by atoms with Crippen molar-refractivity contribution in [3.8, 4) is 146 Å². The van der Waals surface area contributed by atoms with E-state index in [9.17, 15) is 0 Å². The maximum atomic E-state index is 5.30. The summed E-state index contributed by atoms with van der Waals surface area (Å²) in [6.07, 6.45) is 3.68.